The molecule has 0 saturated carbocycles. The molecule has 0 aliphatic carbocycles. The van der Waals surface area contributed by atoms with Crippen LogP contribution in [0.25, 0.3) is 0 Å². The number of rotatable bonds is 6. The second kappa shape index (κ2) is 8.85. The van der Waals surface area contributed by atoms with Crippen molar-refractivity contribution in [3.05, 3.63) is 58.1 Å². The van der Waals surface area contributed by atoms with Crippen LogP contribution in [-0.4, -0.2) is 18.4 Å². The van der Waals surface area contributed by atoms with Crippen LogP contribution in [0.2, 0.25) is 10.0 Å². The highest BCUT2D eigenvalue weighted by molar-refractivity contribution is 6.35. The van der Waals surface area contributed by atoms with E-state index in [1.165, 1.54) is 6.92 Å². The number of nitrogens with one attached hydrogen (secondary N) is 3. The van der Waals surface area contributed by atoms with Crippen molar-refractivity contribution in [1.82, 2.24) is 5.32 Å². The fraction of sp³-hybridized carbons (Fsp3) is 0.222. The van der Waals surface area contributed by atoms with Crippen LogP contribution in [0, 0.1) is 0 Å². The molecule has 0 spiro atoms. The fourth-order valence-corrected chi connectivity index (χ4v) is 2.83. The van der Waals surface area contributed by atoms with Crippen LogP contribution in [0.1, 0.15) is 25.5 Å². The second-order valence-corrected chi connectivity index (χ2v) is 6.42. The lowest BCUT2D eigenvalue weighted by molar-refractivity contribution is -0.115. The summed E-state index contributed by atoms with van der Waals surface area (Å²) in [5.74, 6) is -0.319. The third kappa shape index (κ3) is 6.05. The van der Waals surface area contributed by atoms with Gasteiger partial charge in [0.25, 0.3) is 0 Å². The molecule has 2 aromatic rings. The van der Waals surface area contributed by atoms with Crippen molar-refractivity contribution in [2.45, 2.75) is 19.9 Å². The molecule has 0 aromatic heterocycles. The summed E-state index contributed by atoms with van der Waals surface area (Å²) in [6, 6.07) is 12.1. The number of hydrogen-bond acceptors (Lipinski definition) is 3. The number of hydrogen-bond donors (Lipinski definition) is 3. The average molecular weight is 380 g/mol. The quantitative estimate of drug-likeness (QED) is 0.702. The van der Waals surface area contributed by atoms with Crippen LogP contribution in [0.5, 0.6) is 0 Å². The van der Waals surface area contributed by atoms with Gasteiger partial charge in [0.1, 0.15) is 0 Å². The smallest absolute Gasteiger partial charge is 0.238 e. The van der Waals surface area contributed by atoms with E-state index in [9.17, 15) is 9.59 Å². The van der Waals surface area contributed by atoms with Crippen LogP contribution in [0.3, 0.4) is 0 Å². The third-order valence-electron chi connectivity index (χ3n) is 3.49. The molecule has 0 aliphatic heterocycles. The van der Waals surface area contributed by atoms with Crippen molar-refractivity contribution in [2.75, 3.05) is 17.2 Å². The van der Waals surface area contributed by atoms with E-state index >= 15 is 0 Å². The van der Waals surface area contributed by atoms with Gasteiger partial charge in [-0.05, 0) is 48.9 Å². The van der Waals surface area contributed by atoms with Gasteiger partial charge in [-0.1, -0.05) is 29.3 Å². The molecule has 2 aromatic carbocycles. The zero-order chi connectivity index (χ0) is 18.4. The minimum absolute atomic E-state index is 0.0994. The summed E-state index contributed by atoms with van der Waals surface area (Å²) in [5, 5.41) is 9.70. The predicted molar refractivity (Wildman–Crippen MR) is 102 cm³/mol. The standard InChI is InChI=1S/C18H19Cl2N3O2/c1-11(16-8-3-13(19)9-17(16)20)21-10-18(25)23-15-6-4-14(5-7-15)22-12(2)24/h3-9,11,21H,10H2,1-2H3,(H,22,24)(H,23,25)/t11-/m1/s1. The molecule has 25 heavy (non-hydrogen) atoms. The Hall–Kier alpha value is -2.08. The predicted octanol–water partition coefficient (Wildman–Crippen LogP) is 4.24. The summed E-state index contributed by atoms with van der Waals surface area (Å²) >= 11 is 12.1. The summed E-state index contributed by atoms with van der Waals surface area (Å²) in [7, 11) is 0. The Morgan fingerprint density at radius 2 is 1.60 bits per heavy atom. The molecule has 0 bridgehead atoms. The Bertz CT molecular complexity index is 763. The van der Waals surface area contributed by atoms with E-state index in [2.05, 4.69) is 16.0 Å². The van der Waals surface area contributed by atoms with E-state index in [4.69, 9.17) is 23.2 Å². The first-order valence-corrected chi connectivity index (χ1v) is 8.46. The highest BCUT2D eigenvalue weighted by Gasteiger charge is 2.11. The summed E-state index contributed by atoms with van der Waals surface area (Å²) in [5.41, 5.74) is 2.20. The van der Waals surface area contributed by atoms with Gasteiger partial charge < -0.3 is 16.0 Å². The Kier molecular flexibility index (Phi) is 6.82. The van der Waals surface area contributed by atoms with Crippen molar-refractivity contribution in [3.63, 3.8) is 0 Å². The van der Waals surface area contributed by atoms with Gasteiger partial charge in [0.2, 0.25) is 11.8 Å². The number of carbonyl (C=O) groups is 2. The number of amides is 2. The van der Waals surface area contributed by atoms with Crippen LogP contribution in [0.15, 0.2) is 42.5 Å². The van der Waals surface area contributed by atoms with E-state index in [1.807, 2.05) is 13.0 Å². The van der Waals surface area contributed by atoms with Gasteiger partial charge in [-0.3, -0.25) is 9.59 Å². The van der Waals surface area contributed by atoms with Gasteiger partial charge in [-0.25, -0.2) is 0 Å². The largest absolute Gasteiger partial charge is 0.326 e. The fourth-order valence-electron chi connectivity index (χ4n) is 2.25. The minimum atomic E-state index is -0.177. The SMILES string of the molecule is CC(=O)Nc1ccc(NC(=O)CN[C@H](C)c2ccc(Cl)cc2Cl)cc1. The molecule has 0 unspecified atom stereocenters. The molecule has 0 heterocycles. The van der Waals surface area contributed by atoms with Crippen LogP contribution in [0.4, 0.5) is 11.4 Å². The van der Waals surface area contributed by atoms with E-state index < -0.39 is 0 Å². The third-order valence-corrected chi connectivity index (χ3v) is 4.05. The van der Waals surface area contributed by atoms with Crippen molar-refractivity contribution >= 4 is 46.4 Å². The van der Waals surface area contributed by atoms with Gasteiger partial charge in [0.15, 0.2) is 0 Å². The highest BCUT2D eigenvalue weighted by Crippen LogP contribution is 2.25. The number of halogens is 2. The summed E-state index contributed by atoms with van der Waals surface area (Å²) in [6.45, 7) is 3.49. The maximum absolute atomic E-state index is 12.1. The molecule has 2 rings (SSSR count). The Labute approximate surface area is 156 Å². The van der Waals surface area contributed by atoms with E-state index in [0.29, 0.717) is 21.4 Å². The van der Waals surface area contributed by atoms with Gasteiger partial charge in [0, 0.05) is 34.4 Å². The van der Waals surface area contributed by atoms with Gasteiger partial charge in [0.05, 0.1) is 6.54 Å². The van der Waals surface area contributed by atoms with E-state index in [-0.39, 0.29) is 24.4 Å². The molecule has 0 saturated heterocycles. The zero-order valence-corrected chi connectivity index (χ0v) is 15.4. The molecule has 5 nitrogen and oxygen atoms in total. The molecule has 0 radical (unpaired) electrons. The van der Waals surface area contributed by atoms with E-state index in [0.717, 1.165) is 5.56 Å². The monoisotopic (exact) mass is 379 g/mol. The molecule has 0 aliphatic rings. The first kappa shape index (κ1) is 19.2. The van der Waals surface area contributed by atoms with Crippen LogP contribution < -0.4 is 16.0 Å². The molecule has 2 amide bonds. The topological polar surface area (TPSA) is 70.2 Å². The maximum atomic E-state index is 12.1. The first-order valence-electron chi connectivity index (χ1n) is 7.71. The van der Waals surface area contributed by atoms with Crippen molar-refractivity contribution in [2.24, 2.45) is 0 Å². The van der Waals surface area contributed by atoms with Crippen molar-refractivity contribution < 1.29 is 9.59 Å². The lowest BCUT2D eigenvalue weighted by Gasteiger charge is -2.16. The lowest BCUT2D eigenvalue weighted by Crippen LogP contribution is -2.30. The maximum Gasteiger partial charge on any atom is 0.238 e. The number of carbonyl (C=O) groups excluding carboxylic acids is 2. The minimum Gasteiger partial charge on any atom is -0.326 e. The second-order valence-electron chi connectivity index (χ2n) is 5.58. The van der Waals surface area contributed by atoms with Crippen LogP contribution >= 0.6 is 23.2 Å². The average Bonchev–Trinajstić information content (AvgIpc) is 2.54. The van der Waals surface area contributed by atoms with Crippen molar-refractivity contribution in [3.8, 4) is 0 Å². The lowest BCUT2D eigenvalue weighted by atomic mass is 10.1. The summed E-state index contributed by atoms with van der Waals surface area (Å²) in [4.78, 5) is 23.0. The van der Waals surface area contributed by atoms with Gasteiger partial charge >= 0.3 is 0 Å². The Morgan fingerprint density at radius 3 is 2.16 bits per heavy atom. The molecule has 7 heteroatoms. The molecular weight excluding hydrogens is 361 g/mol. The molecule has 132 valence electrons. The molecule has 3 N–H and O–H groups in total. The van der Waals surface area contributed by atoms with Crippen LogP contribution in [-0.2, 0) is 9.59 Å². The summed E-state index contributed by atoms with van der Waals surface area (Å²) < 4.78 is 0. The molecular formula is C18H19Cl2N3O2. The normalized spacial score (nSPS) is 11.7. The highest BCUT2D eigenvalue weighted by atomic mass is 35.5. The molecule has 0 fully saturated rings. The number of anilines is 2. The first-order chi connectivity index (χ1) is 11.8. The van der Waals surface area contributed by atoms with Crippen molar-refractivity contribution in [1.29, 1.82) is 0 Å². The summed E-state index contributed by atoms with van der Waals surface area (Å²) in [6.07, 6.45) is 0. The van der Waals surface area contributed by atoms with E-state index in [1.54, 1.807) is 36.4 Å². The van der Waals surface area contributed by atoms with Gasteiger partial charge in [-0.2, -0.15) is 0 Å². The Balaban J connectivity index is 1.86. The zero-order valence-electron chi connectivity index (χ0n) is 13.9. The Morgan fingerprint density at radius 1 is 1.00 bits per heavy atom. The number of benzene rings is 2. The van der Waals surface area contributed by atoms with Gasteiger partial charge in [-0.15, -0.1) is 0 Å². The molecule has 1 atom stereocenters.